The van der Waals surface area contributed by atoms with Gasteiger partial charge in [-0.25, -0.2) is 14.4 Å². The minimum Gasteiger partial charge on any atom is -0.490 e. The molecule has 0 radical (unpaired) electrons. The monoisotopic (exact) mass is 429 g/mol. The highest BCUT2D eigenvalue weighted by atomic mass is 35.5. The maximum absolute atomic E-state index is 13.8. The molecule has 2 aliphatic rings. The van der Waals surface area contributed by atoms with Crippen molar-refractivity contribution in [2.45, 2.75) is 19.9 Å². The minimum absolute atomic E-state index is 0.0143. The summed E-state index contributed by atoms with van der Waals surface area (Å²) in [4.78, 5) is 23.5. The number of carbonyl (C=O) groups excluding carboxylic acids is 1. The number of carbonyl (C=O) groups is 1. The lowest BCUT2D eigenvalue weighted by molar-refractivity contribution is 0.0794. The first-order valence-corrected chi connectivity index (χ1v) is 9.78. The van der Waals surface area contributed by atoms with Crippen LogP contribution in [0.2, 0.25) is 5.02 Å². The number of aryl methyl sites for hydroxylation is 2. The molecule has 1 saturated heterocycles. The molecule has 3 heterocycles. The summed E-state index contributed by atoms with van der Waals surface area (Å²) in [5.41, 5.74) is 9.80. The van der Waals surface area contributed by atoms with Crippen LogP contribution in [0.4, 0.5) is 4.39 Å². The van der Waals surface area contributed by atoms with E-state index in [0.717, 1.165) is 5.70 Å². The summed E-state index contributed by atoms with van der Waals surface area (Å²) in [6.07, 6.45) is 0. The average molecular weight is 430 g/mol. The molecule has 7 nitrogen and oxygen atoms in total. The Balaban J connectivity index is 1.55. The highest BCUT2D eigenvalue weighted by Gasteiger charge is 2.31. The lowest BCUT2D eigenvalue weighted by atomic mass is 10.1. The third kappa shape index (κ3) is 3.82. The first-order chi connectivity index (χ1) is 14.2. The number of hydrogen-bond donors (Lipinski definition) is 2. The highest BCUT2D eigenvalue weighted by Crippen LogP contribution is 2.29. The van der Waals surface area contributed by atoms with E-state index in [1.807, 2.05) is 0 Å². The summed E-state index contributed by atoms with van der Waals surface area (Å²) < 4.78 is 19.4. The zero-order valence-corrected chi connectivity index (χ0v) is 17.4. The summed E-state index contributed by atoms with van der Waals surface area (Å²) in [6, 6.07) is 3.88. The van der Waals surface area contributed by atoms with Gasteiger partial charge in [-0.15, -0.1) is 0 Å². The van der Waals surface area contributed by atoms with Gasteiger partial charge in [0.25, 0.3) is 5.91 Å². The summed E-state index contributed by atoms with van der Waals surface area (Å²) >= 11 is 6.16. The maximum Gasteiger partial charge on any atom is 0.258 e. The van der Waals surface area contributed by atoms with Crippen molar-refractivity contribution >= 4 is 23.1 Å². The molecule has 0 saturated carbocycles. The number of rotatable bonds is 5. The Morgan fingerprint density at radius 1 is 1.37 bits per heavy atom. The Morgan fingerprint density at radius 2 is 2.03 bits per heavy atom. The molecule has 0 spiro atoms. The molecule has 2 aromatic rings. The van der Waals surface area contributed by atoms with E-state index in [2.05, 4.69) is 21.9 Å². The van der Waals surface area contributed by atoms with Gasteiger partial charge in [-0.05, 0) is 26.0 Å². The van der Waals surface area contributed by atoms with Gasteiger partial charge in [0.2, 0.25) is 0 Å². The van der Waals surface area contributed by atoms with Gasteiger partial charge in [0, 0.05) is 23.0 Å². The number of nitrogens with one attached hydrogen (secondary N) is 1. The van der Waals surface area contributed by atoms with Crippen LogP contribution >= 0.6 is 11.6 Å². The van der Waals surface area contributed by atoms with Crippen LogP contribution in [0.3, 0.4) is 0 Å². The Hall–Kier alpha value is -3.13. The van der Waals surface area contributed by atoms with Crippen LogP contribution in [-0.4, -0.2) is 46.5 Å². The summed E-state index contributed by atoms with van der Waals surface area (Å²) in [7, 11) is 0. The van der Waals surface area contributed by atoms with Crippen LogP contribution < -0.4 is 15.8 Å². The molecule has 1 atom stereocenters. The Morgan fingerprint density at radius 3 is 2.67 bits per heavy atom. The molecule has 156 valence electrons. The van der Waals surface area contributed by atoms with Crippen LogP contribution in [0.5, 0.6) is 5.75 Å². The fourth-order valence-corrected chi connectivity index (χ4v) is 3.39. The van der Waals surface area contributed by atoms with E-state index in [9.17, 15) is 9.18 Å². The quantitative estimate of drug-likeness (QED) is 0.708. The van der Waals surface area contributed by atoms with Crippen molar-refractivity contribution in [1.82, 2.24) is 20.2 Å². The van der Waals surface area contributed by atoms with Crippen LogP contribution in [0.15, 0.2) is 36.2 Å². The molecule has 1 aromatic heterocycles. The van der Waals surface area contributed by atoms with Crippen molar-refractivity contribution in [1.29, 1.82) is 0 Å². The largest absolute Gasteiger partial charge is 0.490 e. The second-order valence-electron chi connectivity index (χ2n) is 7.37. The molecule has 1 amide bonds. The van der Waals surface area contributed by atoms with Gasteiger partial charge in [-0.1, -0.05) is 18.2 Å². The smallest absolute Gasteiger partial charge is 0.258 e. The molecular formula is C21H21ClFN5O2. The molecule has 1 aromatic carbocycles. The van der Waals surface area contributed by atoms with E-state index in [1.165, 1.54) is 18.2 Å². The number of aromatic nitrogens is 2. The standard InChI is InChI=1S/C21H21ClFN5O2/c1-10-17(25-10)9-30-18-6-13(23)4-5-14(18)21(29)28-7-15(16(24)8-28)20-26-11(2)19(22)12(3)27-20/h4-6,17,25H,1,7-9,24H2,2-3H3. The van der Waals surface area contributed by atoms with Crippen molar-refractivity contribution in [2.24, 2.45) is 5.73 Å². The summed E-state index contributed by atoms with van der Waals surface area (Å²) in [5, 5.41) is 3.51. The van der Waals surface area contributed by atoms with Gasteiger partial charge in [0.05, 0.1) is 41.1 Å². The van der Waals surface area contributed by atoms with E-state index in [1.54, 1.807) is 18.7 Å². The van der Waals surface area contributed by atoms with Gasteiger partial charge < -0.3 is 20.7 Å². The fourth-order valence-electron chi connectivity index (χ4n) is 3.31. The first kappa shape index (κ1) is 20.2. The lowest BCUT2D eigenvalue weighted by Gasteiger charge is -2.19. The molecule has 3 N–H and O–H groups in total. The van der Waals surface area contributed by atoms with Crippen molar-refractivity contribution in [2.75, 3.05) is 19.7 Å². The van der Waals surface area contributed by atoms with E-state index in [0.29, 0.717) is 33.5 Å². The predicted octanol–water partition coefficient (Wildman–Crippen LogP) is 2.58. The molecule has 4 rings (SSSR count). The van der Waals surface area contributed by atoms with Crippen LogP contribution in [0.25, 0.3) is 5.57 Å². The van der Waals surface area contributed by atoms with Crippen LogP contribution in [-0.2, 0) is 0 Å². The molecule has 0 aliphatic carbocycles. The molecule has 1 fully saturated rings. The molecule has 30 heavy (non-hydrogen) atoms. The SMILES string of the molecule is C=C1NC1COc1cc(F)ccc1C(=O)N1CC(N)=C(c2nc(C)c(Cl)c(C)n2)C1. The molecule has 1 unspecified atom stereocenters. The number of nitrogens with two attached hydrogens (primary N) is 1. The fraction of sp³-hybridized carbons (Fsp3) is 0.286. The molecule has 2 aliphatic heterocycles. The number of amides is 1. The zero-order chi connectivity index (χ0) is 21.6. The topological polar surface area (TPSA) is 103 Å². The second kappa shape index (κ2) is 7.60. The van der Waals surface area contributed by atoms with Crippen molar-refractivity contribution in [3.05, 3.63) is 69.8 Å². The molecule has 0 bridgehead atoms. The van der Waals surface area contributed by atoms with Crippen LogP contribution in [0, 0.1) is 19.7 Å². The normalized spacial score (nSPS) is 17.9. The number of hydrogen-bond acceptors (Lipinski definition) is 6. The van der Waals surface area contributed by atoms with Gasteiger partial charge in [0.15, 0.2) is 5.82 Å². The van der Waals surface area contributed by atoms with Gasteiger partial charge in [-0.3, -0.25) is 4.79 Å². The Kier molecular flexibility index (Phi) is 5.11. The zero-order valence-electron chi connectivity index (χ0n) is 16.6. The van der Waals surface area contributed by atoms with Crippen LogP contribution in [0.1, 0.15) is 27.6 Å². The lowest BCUT2D eigenvalue weighted by Crippen LogP contribution is -2.30. The second-order valence-corrected chi connectivity index (χ2v) is 7.75. The minimum atomic E-state index is -0.482. The van der Waals surface area contributed by atoms with E-state index in [-0.39, 0.29) is 43.0 Å². The highest BCUT2D eigenvalue weighted by molar-refractivity contribution is 6.31. The van der Waals surface area contributed by atoms with Crippen molar-refractivity contribution < 1.29 is 13.9 Å². The third-order valence-electron chi connectivity index (χ3n) is 5.11. The van der Waals surface area contributed by atoms with Crippen molar-refractivity contribution in [3.63, 3.8) is 0 Å². The molecule has 9 heteroatoms. The Bertz CT molecular complexity index is 1080. The number of halogens is 2. The van der Waals surface area contributed by atoms with Gasteiger partial charge in [-0.2, -0.15) is 0 Å². The van der Waals surface area contributed by atoms with Crippen molar-refractivity contribution in [3.8, 4) is 5.75 Å². The predicted molar refractivity (Wildman–Crippen MR) is 111 cm³/mol. The van der Waals surface area contributed by atoms with Gasteiger partial charge >= 0.3 is 0 Å². The van der Waals surface area contributed by atoms with E-state index >= 15 is 0 Å². The average Bonchev–Trinajstić information content (AvgIpc) is 3.27. The van der Waals surface area contributed by atoms with E-state index in [4.69, 9.17) is 22.1 Å². The maximum atomic E-state index is 13.8. The number of nitrogens with zero attached hydrogens (tertiary/aromatic N) is 3. The Labute approximate surface area is 178 Å². The number of ether oxygens (including phenoxy) is 1. The summed E-state index contributed by atoms with van der Waals surface area (Å²) in [6.45, 7) is 8.09. The third-order valence-corrected chi connectivity index (χ3v) is 5.66. The first-order valence-electron chi connectivity index (χ1n) is 9.40. The number of benzene rings is 1. The summed E-state index contributed by atoms with van der Waals surface area (Å²) in [5.74, 6) is -0.156. The van der Waals surface area contributed by atoms with E-state index < -0.39 is 5.82 Å². The van der Waals surface area contributed by atoms with Gasteiger partial charge in [0.1, 0.15) is 18.2 Å². The molecular weight excluding hydrogens is 409 g/mol.